The Morgan fingerprint density at radius 3 is 2.08 bits per heavy atom. The molecule has 25 heavy (non-hydrogen) atoms. The standard InChI is InChI=1S/C18H28N4O3/c1-11(2)16(21-13(4)23)18(25)20-12(3)17(24)22-15-7-5-14(6-8-15)9-10-19/h5-8,11-12,16H,9-10,19H2,1-4H3,(H,20,25)(H,21,23)(H,22,24)/t12-,16-/m0/s1. The van der Waals surface area contributed by atoms with Crippen molar-refractivity contribution < 1.29 is 14.4 Å². The van der Waals surface area contributed by atoms with Crippen molar-refractivity contribution in [2.45, 2.75) is 46.2 Å². The maximum Gasteiger partial charge on any atom is 0.246 e. The van der Waals surface area contributed by atoms with E-state index in [0.29, 0.717) is 12.2 Å². The normalized spacial score (nSPS) is 13.0. The minimum Gasteiger partial charge on any atom is -0.344 e. The summed E-state index contributed by atoms with van der Waals surface area (Å²) in [6.07, 6.45) is 0.778. The van der Waals surface area contributed by atoms with E-state index in [2.05, 4.69) is 16.0 Å². The molecule has 1 rings (SSSR count). The molecule has 0 unspecified atom stereocenters. The molecule has 0 radical (unpaired) electrons. The molecule has 3 amide bonds. The molecule has 0 saturated carbocycles. The Morgan fingerprint density at radius 2 is 1.60 bits per heavy atom. The maximum atomic E-state index is 12.3. The van der Waals surface area contributed by atoms with Gasteiger partial charge in [0.2, 0.25) is 17.7 Å². The minimum absolute atomic E-state index is 0.0887. The third kappa shape index (κ3) is 6.93. The highest BCUT2D eigenvalue weighted by Gasteiger charge is 2.26. The van der Waals surface area contributed by atoms with Crippen molar-refractivity contribution >= 4 is 23.4 Å². The molecular weight excluding hydrogens is 320 g/mol. The number of carbonyl (C=O) groups is 3. The van der Waals surface area contributed by atoms with Crippen LogP contribution in [-0.4, -0.2) is 36.3 Å². The predicted molar refractivity (Wildman–Crippen MR) is 97.9 cm³/mol. The highest BCUT2D eigenvalue weighted by Crippen LogP contribution is 2.10. The summed E-state index contributed by atoms with van der Waals surface area (Å²) in [5, 5.41) is 7.99. The number of amides is 3. The Balaban J connectivity index is 2.63. The molecule has 0 saturated heterocycles. The molecule has 7 heteroatoms. The lowest BCUT2D eigenvalue weighted by Crippen LogP contribution is -2.53. The first-order valence-electron chi connectivity index (χ1n) is 8.42. The zero-order valence-electron chi connectivity index (χ0n) is 15.3. The van der Waals surface area contributed by atoms with Crippen molar-refractivity contribution in [3.05, 3.63) is 29.8 Å². The second-order valence-corrected chi connectivity index (χ2v) is 6.38. The van der Waals surface area contributed by atoms with Gasteiger partial charge in [-0.1, -0.05) is 26.0 Å². The lowest BCUT2D eigenvalue weighted by atomic mass is 10.0. The minimum atomic E-state index is -0.730. The molecular formula is C18H28N4O3. The van der Waals surface area contributed by atoms with Gasteiger partial charge in [0.25, 0.3) is 0 Å². The molecule has 0 aliphatic rings. The van der Waals surface area contributed by atoms with Crippen molar-refractivity contribution in [1.29, 1.82) is 0 Å². The monoisotopic (exact) mass is 348 g/mol. The second kappa shape index (κ2) is 9.78. The first-order valence-corrected chi connectivity index (χ1v) is 8.42. The van der Waals surface area contributed by atoms with Crippen molar-refractivity contribution in [2.24, 2.45) is 11.7 Å². The third-order valence-corrected chi connectivity index (χ3v) is 3.71. The quantitative estimate of drug-likeness (QED) is 0.556. The van der Waals surface area contributed by atoms with Crippen LogP contribution >= 0.6 is 0 Å². The van der Waals surface area contributed by atoms with Gasteiger partial charge < -0.3 is 21.7 Å². The van der Waals surface area contributed by atoms with Crippen LogP contribution in [0, 0.1) is 5.92 Å². The van der Waals surface area contributed by atoms with E-state index in [9.17, 15) is 14.4 Å². The molecule has 2 atom stereocenters. The number of hydrogen-bond acceptors (Lipinski definition) is 4. The van der Waals surface area contributed by atoms with Crippen LogP contribution in [0.25, 0.3) is 0 Å². The van der Waals surface area contributed by atoms with E-state index in [4.69, 9.17) is 5.73 Å². The van der Waals surface area contributed by atoms with Gasteiger partial charge in [0.1, 0.15) is 12.1 Å². The molecule has 7 nitrogen and oxygen atoms in total. The zero-order valence-corrected chi connectivity index (χ0v) is 15.3. The van der Waals surface area contributed by atoms with Crippen molar-refractivity contribution in [3.8, 4) is 0 Å². The SMILES string of the molecule is CC(=O)N[C@H](C(=O)N[C@@H](C)C(=O)Nc1ccc(CCN)cc1)C(C)C. The molecule has 0 spiro atoms. The van der Waals surface area contributed by atoms with Crippen LogP contribution in [0.1, 0.15) is 33.3 Å². The highest BCUT2D eigenvalue weighted by atomic mass is 16.2. The van der Waals surface area contributed by atoms with E-state index in [1.165, 1.54) is 6.92 Å². The summed E-state index contributed by atoms with van der Waals surface area (Å²) in [6.45, 7) is 7.18. The molecule has 5 N–H and O–H groups in total. The second-order valence-electron chi connectivity index (χ2n) is 6.38. The van der Waals surface area contributed by atoms with E-state index in [0.717, 1.165) is 12.0 Å². The average Bonchev–Trinajstić information content (AvgIpc) is 2.54. The number of benzene rings is 1. The van der Waals surface area contributed by atoms with Gasteiger partial charge in [-0.25, -0.2) is 0 Å². The summed E-state index contributed by atoms with van der Waals surface area (Å²) < 4.78 is 0. The fourth-order valence-electron chi connectivity index (χ4n) is 2.29. The van der Waals surface area contributed by atoms with E-state index < -0.39 is 12.1 Å². The number of rotatable bonds is 8. The van der Waals surface area contributed by atoms with Crippen molar-refractivity contribution in [2.75, 3.05) is 11.9 Å². The van der Waals surface area contributed by atoms with Crippen LogP contribution in [0.15, 0.2) is 24.3 Å². The van der Waals surface area contributed by atoms with E-state index in [1.807, 2.05) is 26.0 Å². The van der Waals surface area contributed by atoms with Crippen molar-refractivity contribution in [3.63, 3.8) is 0 Å². The molecule has 0 fully saturated rings. The van der Waals surface area contributed by atoms with E-state index in [1.54, 1.807) is 19.1 Å². The summed E-state index contributed by atoms with van der Waals surface area (Å²) in [6, 6.07) is 5.99. The Morgan fingerprint density at radius 1 is 1.00 bits per heavy atom. The van der Waals surface area contributed by atoms with Crippen LogP contribution in [0.3, 0.4) is 0 Å². The summed E-state index contributed by atoms with van der Waals surface area (Å²) in [7, 11) is 0. The molecule has 0 aromatic heterocycles. The van der Waals surface area contributed by atoms with Gasteiger partial charge in [0.15, 0.2) is 0 Å². The lowest BCUT2D eigenvalue weighted by molar-refractivity contribution is -0.131. The summed E-state index contributed by atoms with van der Waals surface area (Å²) in [5.74, 6) is -1.09. The van der Waals surface area contributed by atoms with E-state index in [-0.39, 0.29) is 23.6 Å². The predicted octanol–water partition coefficient (Wildman–Crippen LogP) is 0.792. The fourth-order valence-corrected chi connectivity index (χ4v) is 2.29. The van der Waals surface area contributed by atoms with Gasteiger partial charge in [0.05, 0.1) is 0 Å². The highest BCUT2D eigenvalue weighted by molar-refractivity contribution is 5.98. The topological polar surface area (TPSA) is 113 Å². The van der Waals surface area contributed by atoms with Gasteiger partial charge in [0, 0.05) is 12.6 Å². The molecule has 1 aromatic carbocycles. The molecule has 1 aromatic rings. The molecule has 0 bridgehead atoms. The van der Waals surface area contributed by atoms with Crippen LogP contribution in [0.5, 0.6) is 0 Å². The number of nitrogens with one attached hydrogen (secondary N) is 3. The number of anilines is 1. The van der Waals surface area contributed by atoms with Gasteiger partial charge >= 0.3 is 0 Å². The van der Waals surface area contributed by atoms with Crippen molar-refractivity contribution in [1.82, 2.24) is 10.6 Å². The third-order valence-electron chi connectivity index (χ3n) is 3.71. The molecule has 0 aliphatic carbocycles. The Hall–Kier alpha value is -2.41. The van der Waals surface area contributed by atoms with Crippen LogP contribution < -0.4 is 21.7 Å². The Bertz CT molecular complexity index is 599. The summed E-state index contributed by atoms with van der Waals surface area (Å²) in [5.41, 5.74) is 7.25. The fraction of sp³-hybridized carbons (Fsp3) is 0.500. The molecule has 138 valence electrons. The molecule has 0 heterocycles. The first-order chi connectivity index (χ1) is 11.7. The smallest absolute Gasteiger partial charge is 0.246 e. The van der Waals surface area contributed by atoms with Crippen LogP contribution in [-0.2, 0) is 20.8 Å². The lowest BCUT2D eigenvalue weighted by Gasteiger charge is -2.23. The van der Waals surface area contributed by atoms with Crippen LogP contribution in [0.4, 0.5) is 5.69 Å². The average molecular weight is 348 g/mol. The van der Waals surface area contributed by atoms with Gasteiger partial charge in [-0.05, 0) is 43.5 Å². The van der Waals surface area contributed by atoms with Gasteiger partial charge in [-0.3, -0.25) is 14.4 Å². The number of carbonyl (C=O) groups excluding carboxylic acids is 3. The largest absolute Gasteiger partial charge is 0.344 e. The Labute approximate surface area is 148 Å². The van der Waals surface area contributed by atoms with Crippen LogP contribution in [0.2, 0.25) is 0 Å². The number of nitrogens with two attached hydrogens (primary N) is 1. The summed E-state index contributed by atoms with van der Waals surface area (Å²) >= 11 is 0. The first kappa shape index (κ1) is 20.6. The zero-order chi connectivity index (χ0) is 19.0. The molecule has 0 aliphatic heterocycles. The maximum absolute atomic E-state index is 12.3. The van der Waals surface area contributed by atoms with Gasteiger partial charge in [-0.15, -0.1) is 0 Å². The number of hydrogen-bond donors (Lipinski definition) is 4. The summed E-state index contributed by atoms with van der Waals surface area (Å²) in [4.78, 5) is 35.7. The van der Waals surface area contributed by atoms with Gasteiger partial charge in [-0.2, -0.15) is 0 Å². The van der Waals surface area contributed by atoms with E-state index >= 15 is 0 Å². The Kier molecular flexibility index (Phi) is 8.07.